The van der Waals surface area contributed by atoms with Crippen molar-refractivity contribution in [1.29, 1.82) is 0 Å². The van der Waals surface area contributed by atoms with Gasteiger partial charge in [0.15, 0.2) is 0 Å². The molecule has 0 N–H and O–H groups in total. The van der Waals surface area contributed by atoms with Crippen LogP contribution in [0.15, 0.2) is 24.3 Å². The lowest BCUT2D eigenvalue weighted by atomic mass is 9.64. The van der Waals surface area contributed by atoms with Crippen molar-refractivity contribution in [2.24, 2.45) is 17.8 Å². The van der Waals surface area contributed by atoms with Gasteiger partial charge in [-0.25, -0.2) is 0 Å². The van der Waals surface area contributed by atoms with Gasteiger partial charge in [0.2, 0.25) is 0 Å². The van der Waals surface area contributed by atoms with E-state index in [-0.39, 0.29) is 5.75 Å². The highest BCUT2D eigenvalue weighted by Gasteiger charge is 2.34. The Morgan fingerprint density at radius 3 is 2.33 bits per heavy atom. The van der Waals surface area contributed by atoms with Gasteiger partial charge in [0.05, 0.1) is 0 Å². The maximum Gasteiger partial charge on any atom is 0.387 e. The molecule has 2 saturated carbocycles. The number of benzene rings is 1. The molecule has 1 nitrogen and oxygen atoms in total. The first kappa shape index (κ1) is 14.8. The zero-order valence-electron chi connectivity index (χ0n) is 12.6. The summed E-state index contributed by atoms with van der Waals surface area (Å²) in [5, 5.41) is 0. The fraction of sp³-hybridized carbons (Fsp3) is 0.667. The summed E-state index contributed by atoms with van der Waals surface area (Å²) in [6.45, 7) is -0.361. The fourth-order valence-electron chi connectivity index (χ4n) is 4.35. The molecule has 3 heteroatoms. The van der Waals surface area contributed by atoms with E-state index >= 15 is 0 Å². The molecular formula is C18H24F2O. The standard InChI is InChI=1S/C18H24F2O/c1-12-2-3-16-11-15(5-4-14(16)10-12)13-6-8-17(9-7-13)21-18(19)20/h6-9,12,14-16,18H,2-5,10-11H2,1H3. The Morgan fingerprint density at radius 2 is 1.62 bits per heavy atom. The van der Waals surface area contributed by atoms with Crippen molar-refractivity contribution >= 4 is 0 Å². The minimum atomic E-state index is -2.74. The van der Waals surface area contributed by atoms with Crippen molar-refractivity contribution < 1.29 is 13.5 Å². The molecule has 116 valence electrons. The predicted octanol–water partition coefficient (Wildman–Crippen LogP) is 5.61. The minimum Gasteiger partial charge on any atom is -0.435 e. The molecule has 0 saturated heterocycles. The van der Waals surface area contributed by atoms with Crippen molar-refractivity contribution in [1.82, 2.24) is 0 Å². The van der Waals surface area contributed by atoms with Gasteiger partial charge >= 0.3 is 6.61 Å². The summed E-state index contributed by atoms with van der Waals surface area (Å²) in [4.78, 5) is 0. The van der Waals surface area contributed by atoms with Gasteiger partial charge < -0.3 is 4.74 Å². The molecular weight excluding hydrogens is 270 g/mol. The van der Waals surface area contributed by atoms with Gasteiger partial charge in [-0.1, -0.05) is 25.5 Å². The van der Waals surface area contributed by atoms with Gasteiger partial charge in [-0.05, 0) is 73.5 Å². The van der Waals surface area contributed by atoms with E-state index in [1.54, 1.807) is 12.1 Å². The Bertz CT molecular complexity index is 457. The molecule has 0 radical (unpaired) electrons. The first-order chi connectivity index (χ1) is 10.1. The smallest absolute Gasteiger partial charge is 0.387 e. The number of hydrogen-bond acceptors (Lipinski definition) is 1. The number of hydrogen-bond donors (Lipinski definition) is 0. The van der Waals surface area contributed by atoms with Crippen LogP contribution in [0.2, 0.25) is 0 Å². The van der Waals surface area contributed by atoms with Crippen LogP contribution in [0.25, 0.3) is 0 Å². The summed E-state index contributed by atoms with van der Waals surface area (Å²) in [7, 11) is 0. The van der Waals surface area contributed by atoms with E-state index in [1.807, 2.05) is 12.1 Å². The van der Waals surface area contributed by atoms with Crippen LogP contribution in [0, 0.1) is 17.8 Å². The molecule has 4 atom stereocenters. The SMILES string of the molecule is CC1CCC2CC(c3ccc(OC(F)F)cc3)CCC2C1. The first-order valence-electron chi connectivity index (χ1n) is 8.16. The second-order valence-corrected chi connectivity index (χ2v) is 6.90. The number of alkyl halides is 2. The third-order valence-electron chi connectivity index (χ3n) is 5.45. The van der Waals surface area contributed by atoms with E-state index in [4.69, 9.17) is 0 Å². The molecule has 2 aliphatic rings. The number of halogens is 2. The molecule has 1 aromatic rings. The lowest BCUT2D eigenvalue weighted by Gasteiger charge is -2.41. The third-order valence-corrected chi connectivity index (χ3v) is 5.45. The topological polar surface area (TPSA) is 9.23 Å². The molecule has 0 aliphatic heterocycles. The highest BCUT2D eigenvalue weighted by Crippen LogP contribution is 2.47. The highest BCUT2D eigenvalue weighted by molar-refractivity contribution is 5.29. The number of fused-ring (bicyclic) bond motifs is 1. The maximum atomic E-state index is 12.2. The molecule has 21 heavy (non-hydrogen) atoms. The van der Waals surface area contributed by atoms with Crippen molar-refractivity contribution in [3.8, 4) is 5.75 Å². The summed E-state index contributed by atoms with van der Waals surface area (Å²) in [5.41, 5.74) is 1.29. The van der Waals surface area contributed by atoms with Gasteiger partial charge in [-0.3, -0.25) is 0 Å². The molecule has 2 aliphatic carbocycles. The lowest BCUT2D eigenvalue weighted by Crippen LogP contribution is -2.29. The Labute approximate surface area is 125 Å². The molecule has 2 fully saturated rings. The fourth-order valence-corrected chi connectivity index (χ4v) is 4.35. The average Bonchev–Trinajstić information content (AvgIpc) is 2.47. The van der Waals surface area contributed by atoms with Crippen LogP contribution < -0.4 is 4.74 Å². The van der Waals surface area contributed by atoms with Crippen LogP contribution in [0.3, 0.4) is 0 Å². The molecule has 0 spiro atoms. The van der Waals surface area contributed by atoms with E-state index in [0.29, 0.717) is 5.92 Å². The number of ether oxygens (including phenoxy) is 1. The van der Waals surface area contributed by atoms with E-state index in [2.05, 4.69) is 11.7 Å². The molecule has 0 amide bonds. The summed E-state index contributed by atoms with van der Waals surface area (Å²) >= 11 is 0. The van der Waals surface area contributed by atoms with Crippen LogP contribution in [0.5, 0.6) is 5.75 Å². The monoisotopic (exact) mass is 294 g/mol. The van der Waals surface area contributed by atoms with Crippen molar-refractivity contribution in [3.63, 3.8) is 0 Å². The van der Waals surface area contributed by atoms with Crippen molar-refractivity contribution in [2.45, 2.75) is 58.0 Å². The van der Waals surface area contributed by atoms with Gasteiger partial charge in [-0.15, -0.1) is 0 Å². The van der Waals surface area contributed by atoms with Crippen LogP contribution in [0.1, 0.15) is 56.9 Å². The van der Waals surface area contributed by atoms with Crippen molar-refractivity contribution in [2.75, 3.05) is 0 Å². The average molecular weight is 294 g/mol. The predicted molar refractivity (Wildman–Crippen MR) is 79.7 cm³/mol. The van der Waals surface area contributed by atoms with Gasteiger partial charge in [0.25, 0.3) is 0 Å². The van der Waals surface area contributed by atoms with Crippen molar-refractivity contribution in [3.05, 3.63) is 29.8 Å². The second kappa shape index (κ2) is 6.33. The van der Waals surface area contributed by atoms with Gasteiger partial charge in [0.1, 0.15) is 5.75 Å². The number of rotatable bonds is 3. The quantitative estimate of drug-likeness (QED) is 0.704. The zero-order valence-corrected chi connectivity index (χ0v) is 12.6. The van der Waals surface area contributed by atoms with Gasteiger partial charge in [-0.2, -0.15) is 8.78 Å². The van der Waals surface area contributed by atoms with Crippen LogP contribution >= 0.6 is 0 Å². The summed E-state index contributed by atoms with van der Waals surface area (Å²) < 4.78 is 28.8. The van der Waals surface area contributed by atoms with Crippen LogP contribution in [-0.4, -0.2) is 6.61 Å². The van der Waals surface area contributed by atoms with E-state index in [0.717, 1.165) is 17.8 Å². The Kier molecular flexibility index (Phi) is 4.46. The Morgan fingerprint density at radius 1 is 0.952 bits per heavy atom. The first-order valence-corrected chi connectivity index (χ1v) is 8.16. The molecule has 1 aromatic carbocycles. The molecule has 3 rings (SSSR count). The zero-order chi connectivity index (χ0) is 14.8. The van der Waals surface area contributed by atoms with E-state index < -0.39 is 6.61 Å². The largest absolute Gasteiger partial charge is 0.435 e. The molecule has 0 heterocycles. The second-order valence-electron chi connectivity index (χ2n) is 6.90. The Hall–Kier alpha value is -1.12. The summed E-state index contributed by atoms with van der Waals surface area (Å²) in [6.07, 6.45) is 7.98. The maximum absolute atomic E-state index is 12.2. The highest BCUT2D eigenvalue weighted by atomic mass is 19.3. The summed E-state index contributed by atoms with van der Waals surface area (Å²) in [6, 6.07) is 7.29. The molecule has 0 aromatic heterocycles. The van der Waals surface area contributed by atoms with E-state index in [1.165, 1.54) is 44.1 Å². The van der Waals surface area contributed by atoms with Gasteiger partial charge in [0, 0.05) is 0 Å². The Balaban J connectivity index is 1.62. The molecule has 4 unspecified atom stereocenters. The van der Waals surface area contributed by atoms with E-state index in [9.17, 15) is 8.78 Å². The minimum absolute atomic E-state index is 0.258. The third kappa shape index (κ3) is 3.56. The normalized spacial score (nSPS) is 32.8. The molecule has 0 bridgehead atoms. The lowest BCUT2D eigenvalue weighted by molar-refractivity contribution is -0.0498. The van der Waals surface area contributed by atoms with Crippen LogP contribution in [-0.2, 0) is 0 Å². The summed E-state index contributed by atoms with van der Waals surface area (Å²) in [5.74, 6) is 3.55. The van der Waals surface area contributed by atoms with Crippen LogP contribution in [0.4, 0.5) is 8.78 Å².